The van der Waals surface area contributed by atoms with Gasteiger partial charge in [0, 0.05) is 35.0 Å². The summed E-state index contributed by atoms with van der Waals surface area (Å²) in [5.74, 6) is -0.284. The van der Waals surface area contributed by atoms with Crippen molar-refractivity contribution in [3.63, 3.8) is 0 Å². The molecule has 4 rings (SSSR count). The van der Waals surface area contributed by atoms with E-state index < -0.39 is 0 Å². The Morgan fingerprint density at radius 1 is 1.14 bits per heavy atom. The van der Waals surface area contributed by atoms with Gasteiger partial charge < -0.3 is 14.8 Å². The molecule has 2 aromatic heterocycles. The fourth-order valence-corrected chi connectivity index (χ4v) is 4.43. The van der Waals surface area contributed by atoms with Gasteiger partial charge in [0.2, 0.25) is 0 Å². The molecule has 1 N–H and O–H groups in total. The minimum Gasteiger partial charge on any atom is -0.332 e. The van der Waals surface area contributed by atoms with Crippen LogP contribution in [-0.2, 0) is 6.54 Å². The van der Waals surface area contributed by atoms with Crippen molar-refractivity contribution in [3.05, 3.63) is 57.8 Å². The van der Waals surface area contributed by atoms with Crippen LogP contribution in [0.3, 0.4) is 0 Å². The molecule has 3 heterocycles. The number of hydrogen-bond acceptors (Lipinski definition) is 3. The summed E-state index contributed by atoms with van der Waals surface area (Å²) in [5.41, 5.74) is 2.88. The first kappa shape index (κ1) is 20.2. The Hall–Kier alpha value is -2.08. The molecular formula is C22H24Cl2N4O. The van der Waals surface area contributed by atoms with Gasteiger partial charge in [0.15, 0.2) is 0 Å². The zero-order valence-electron chi connectivity index (χ0n) is 16.4. The highest BCUT2D eigenvalue weighted by Crippen LogP contribution is 2.30. The SMILES string of the molecule is Cc1cn(CCCN2CCCC2)c2ncc(C(=O)Nc3ccc(Cl)cc3)c(Cl)c12. The van der Waals surface area contributed by atoms with Crippen molar-refractivity contribution in [2.75, 3.05) is 25.0 Å². The molecule has 29 heavy (non-hydrogen) atoms. The summed E-state index contributed by atoms with van der Waals surface area (Å²) in [7, 11) is 0. The first-order chi connectivity index (χ1) is 14.0. The number of hydrogen-bond donors (Lipinski definition) is 1. The Morgan fingerprint density at radius 3 is 2.59 bits per heavy atom. The number of anilines is 1. The van der Waals surface area contributed by atoms with Gasteiger partial charge in [0.1, 0.15) is 5.65 Å². The second kappa shape index (κ2) is 8.74. The van der Waals surface area contributed by atoms with Gasteiger partial charge in [-0.1, -0.05) is 23.2 Å². The lowest BCUT2D eigenvalue weighted by atomic mass is 10.1. The van der Waals surface area contributed by atoms with Crippen LogP contribution in [0.1, 0.15) is 35.2 Å². The molecule has 0 saturated carbocycles. The molecular weight excluding hydrogens is 407 g/mol. The molecule has 152 valence electrons. The van der Waals surface area contributed by atoms with Crippen molar-refractivity contribution in [3.8, 4) is 0 Å². The Labute approximate surface area is 180 Å². The maximum absolute atomic E-state index is 12.7. The Kier molecular flexibility index (Phi) is 6.09. The van der Waals surface area contributed by atoms with Crippen LogP contribution in [0.5, 0.6) is 0 Å². The first-order valence-corrected chi connectivity index (χ1v) is 10.7. The molecule has 0 radical (unpaired) electrons. The van der Waals surface area contributed by atoms with Crippen molar-refractivity contribution >= 4 is 45.8 Å². The smallest absolute Gasteiger partial charge is 0.258 e. The molecule has 0 atom stereocenters. The fraction of sp³-hybridized carbons (Fsp3) is 0.364. The van der Waals surface area contributed by atoms with Crippen LogP contribution in [0.4, 0.5) is 5.69 Å². The number of aryl methyl sites for hydroxylation is 2. The number of nitrogens with one attached hydrogen (secondary N) is 1. The minimum absolute atomic E-state index is 0.284. The lowest BCUT2D eigenvalue weighted by Gasteiger charge is -2.14. The number of likely N-dealkylation sites (tertiary alicyclic amines) is 1. The van der Waals surface area contributed by atoms with E-state index in [9.17, 15) is 4.79 Å². The summed E-state index contributed by atoms with van der Waals surface area (Å²) in [6.45, 7) is 6.42. The zero-order chi connectivity index (χ0) is 20.4. The zero-order valence-corrected chi connectivity index (χ0v) is 17.9. The van der Waals surface area contributed by atoms with E-state index in [0.717, 1.165) is 36.1 Å². The van der Waals surface area contributed by atoms with E-state index >= 15 is 0 Å². The fourth-order valence-electron chi connectivity index (χ4n) is 3.94. The number of carbonyl (C=O) groups excluding carboxylic acids is 1. The number of fused-ring (bicyclic) bond motifs is 1. The van der Waals surface area contributed by atoms with Crippen LogP contribution in [0.25, 0.3) is 11.0 Å². The lowest BCUT2D eigenvalue weighted by molar-refractivity contribution is 0.102. The predicted octanol–water partition coefficient (Wildman–Crippen LogP) is 5.39. The number of halogens is 2. The minimum atomic E-state index is -0.284. The van der Waals surface area contributed by atoms with Gasteiger partial charge in [-0.15, -0.1) is 0 Å². The first-order valence-electron chi connectivity index (χ1n) is 9.96. The number of rotatable bonds is 6. The van der Waals surface area contributed by atoms with E-state index in [0.29, 0.717) is 21.3 Å². The summed E-state index contributed by atoms with van der Waals surface area (Å²) in [4.78, 5) is 19.8. The molecule has 0 aliphatic carbocycles. The van der Waals surface area contributed by atoms with Crippen molar-refractivity contribution in [1.82, 2.24) is 14.5 Å². The topological polar surface area (TPSA) is 50.2 Å². The highest BCUT2D eigenvalue weighted by molar-refractivity contribution is 6.39. The molecule has 1 aliphatic rings. The Balaban J connectivity index is 1.52. The van der Waals surface area contributed by atoms with E-state index in [1.54, 1.807) is 30.5 Å². The van der Waals surface area contributed by atoms with Gasteiger partial charge in [-0.25, -0.2) is 4.98 Å². The molecule has 1 saturated heterocycles. The van der Waals surface area contributed by atoms with E-state index in [4.69, 9.17) is 23.2 Å². The molecule has 0 unspecified atom stereocenters. The van der Waals surface area contributed by atoms with E-state index in [2.05, 4.69) is 26.0 Å². The Bertz CT molecular complexity index is 1020. The van der Waals surface area contributed by atoms with Crippen LogP contribution >= 0.6 is 23.2 Å². The molecule has 0 bridgehead atoms. The summed E-state index contributed by atoms with van der Waals surface area (Å²) >= 11 is 12.5. The van der Waals surface area contributed by atoms with Gasteiger partial charge >= 0.3 is 0 Å². The molecule has 1 amide bonds. The maximum atomic E-state index is 12.7. The van der Waals surface area contributed by atoms with Crippen LogP contribution in [-0.4, -0.2) is 40.0 Å². The van der Waals surface area contributed by atoms with Crippen molar-refractivity contribution in [1.29, 1.82) is 0 Å². The number of carbonyl (C=O) groups is 1. The molecule has 1 aliphatic heterocycles. The summed E-state index contributed by atoms with van der Waals surface area (Å²) < 4.78 is 2.15. The third-order valence-electron chi connectivity index (χ3n) is 5.43. The van der Waals surface area contributed by atoms with E-state index in [-0.39, 0.29) is 5.91 Å². The second-order valence-electron chi connectivity index (χ2n) is 7.55. The highest BCUT2D eigenvalue weighted by atomic mass is 35.5. The van der Waals surface area contributed by atoms with Gasteiger partial charge in [-0.05, 0) is 75.6 Å². The normalized spacial score (nSPS) is 14.6. The molecule has 7 heteroatoms. The number of nitrogens with zero attached hydrogens (tertiary/aromatic N) is 3. The largest absolute Gasteiger partial charge is 0.332 e. The average molecular weight is 431 g/mol. The number of pyridine rings is 1. The van der Waals surface area contributed by atoms with Crippen molar-refractivity contribution in [2.24, 2.45) is 0 Å². The number of aromatic nitrogens is 2. The summed E-state index contributed by atoms with van der Waals surface area (Å²) in [6.07, 6.45) is 7.33. The molecule has 1 aromatic carbocycles. The second-order valence-corrected chi connectivity index (χ2v) is 8.37. The van der Waals surface area contributed by atoms with Crippen molar-refractivity contribution in [2.45, 2.75) is 32.7 Å². The quantitative estimate of drug-likeness (QED) is 0.570. The van der Waals surface area contributed by atoms with E-state index in [1.807, 2.05) is 6.92 Å². The van der Waals surface area contributed by atoms with E-state index in [1.165, 1.54) is 25.9 Å². The monoisotopic (exact) mass is 430 g/mol. The molecule has 1 fully saturated rings. The molecule has 3 aromatic rings. The van der Waals surface area contributed by atoms with Crippen molar-refractivity contribution < 1.29 is 4.79 Å². The van der Waals surface area contributed by atoms with Crippen LogP contribution < -0.4 is 5.32 Å². The maximum Gasteiger partial charge on any atom is 0.258 e. The standard InChI is InChI=1S/C22H24Cl2N4O/c1-15-14-28(12-4-11-27-9-2-3-10-27)21-19(15)20(24)18(13-25-21)22(29)26-17-7-5-16(23)6-8-17/h5-8,13-14H,2-4,9-12H2,1H3,(H,26,29). The third-order valence-corrected chi connectivity index (χ3v) is 6.07. The van der Waals surface area contributed by atoms with Crippen LogP contribution in [0.15, 0.2) is 36.7 Å². The van der Waals surface area contributed by atoms with Gasteiger partial charge in [-0.3, -0.25) is 4.79 Å². The van der Waals surface area contributed by atoms with Gasteiger partial charge in [0.25, 0.3) is 5.91 Å². The highest BCUT2D eigenvalue weighted by Gasteiger charge is 2.19. The number of benzene rings is 1. The number of amides is 1. The molecule has 5 nitrogen and oxygen atoms in total. The van der Waals surface area contributed by atoms with Crippen LogP contribution in [0.2, 0.25) is 10.0 Å². The summed E-state index contributed by atoms with van der Waals surface area (Å²) in [6, 6.07) is 6.96. The lowest BCUT2D eigenvalue weighted by Crippen LogP contribution is -2.21. The summed E-state index contributed by atoms with van der Waals surface area (Å²) in [5, 5.41) is 4.75. The Morgan fingerprint density at radius 2 is 1.86 bits per heavy atom. The third kappa shape index (κ3) is 4.42. The van der Waals surface area contributed by atoms with Gasteiger partial charge in [0.05, 0.1) is 10.6 Å². The van der Waals surface area contributed by atoms with Crippen LogP contribution in [0, 0.1) is 6.92 Å². The molecule has 0 spiro atoms. The predicted molar refractivity (Wildman–Crippen MR) is 119 cm³/mol. The average Bonchev–Trinajstić information content (AvgIpc) is 3.32. The van der Waals surface area contributed by atoms with Gasteiger partial charge in [-0.2, -0.15) is 0 Å².